The molecule has 0 aromatic heterocycles. The Bertz CT molecular complexity index is 218. The second-order valence-corrected chi connectivity index (χ2v) is 3.41. The van der Waals surface area contributed by atoms with E-state index in [9.17, 15) is 0 Å². The van der Waals surface area contributed by atoms with Crippen LogP contribution in [0, 0.1) is 11.8 Å². The average Bonchev–Trinajstić information content (AvgIpc) is 2.65. The monoisotopic (exact) mass is 166 g/mol. The minimum Gasteiger partial charge on any atom is -0.394 e. The van der Waals surface area contributed by atoms with E-state index in [2.05, 4.69) is 18.2 Å². The molecule has 0 spiro atoms. The van der Waals surface area contributed by atoms with Crippen LogP contribution in [0.1, 0.15) is 6.42 Å². The molecular weight excluding hydrogens is 152 g/mol. The minimum absolute atomic E-state index is 0.122. The first kappa shape index (κ1) is 8.02. The highest BCUT2D eigenvalue weighted by molar-refractivity contribution is 5.30. The van der Waals surface area contributed by atoms with Crippen LogP contribution in [-0.4, -0.2) is 24.9 Å². The first-order valence-corrected chi connectivity index (χ1v) is 4.47. The van der Waals surface area contributed by atoms with Crippen LogP contribution in [0.3, 0.4) is 0 Å². The summed E-state index contributed by atoms with van der Waals surface area (Å²) in [7, 11) is 0. The van der Waals surface area contributed by atoms with Gasteiger partial charge in [-0.05, 0) is 17.9 Å². The molecule has 2 heteroatoms. The summed E-state index contributed by atoms with van der Waals surface area (Å²) in [6.07, 6.45) is 8.07. The summed E-state index contributed by atoms with van der Waals surface area (Å²) in [6.45, 7) is 1.28. The lowest BCUT2D eigenvalue weighted by atomic mass is 10.0. The molecule has 0 aromatic carbocycles. The van der Waals surface area contributed by atoms with Gasteiger partial charge in [0.25, 0.3) is 0 Å². The molecular formula is C10H14O2. The molecule has 0 saturated heterocycles. The summed E-state index contributed by atoms with van der Waals surface area (Å²) < 4.78 is 5.27. The Kier molecular flexibility index (Phi) is 2.28. The van der Waals surface area contributed by atoms with E-state index in [1.54, 1.807) is 0 Å². The largest absolute Gasteiger partial charge is 0.394 e. The van der Waals surface area contributed by atoms with Gasteiger partial charge < -0.3 is 9.84 Å². The summed E-state index contributed by atoms with van der Waals surface area (Å²) in [4.78, 5) is 0. The number of rotatable bonds is 4. The van der Waals surface area contributed by atoms with Crippen LogP contribution in [0.5, 0.6) is 0 Å². The normalized spacial score (nSPS) is 31.2. The van der Waals surface area contributed by atoms with Gasteiger partial charge in [-0.25, -0.2) is 0 Å². The van der Waals surface area contributed by atoms with Gasteiger partial charge in [0.05, 0.1) is 19.8 Å². The molecule has 12 heavy (non-hydrogen) atoms. The number of hydrogen-bond donors (Lipinski definition) is 1. The Hall–Kier alpha value is -0.600. The molecule has 0 saturated carbocycles. The van der Waals surface area contributed by atoms with Gasteiger partial charge >= 0.3 is 0 Å². The summed E-state index contributed by atoms with van der Waals surface area (Å²) in [5.41, 5.74) is 1.40. The molecule has 0 amide bonds. The van der Waals surface area contributed by atoms with Gasteiger partial charge in [-0.2, -0.15) is 0 Å². The van der Waals surface area contributed by atoms with Crippen molar-refractivity contribution in [3.8, 4) is 0 Å². The highest BCUT2D eigenvalue weighted by Crippen LogP contribution is 2.37. The van der Waals surface area contributed by atoms with Gasteiger partial charge in [0, 0.05) is 5.92 Å². The van der Waals surface area contributed by atoms with E-state index in [4.69, 9.17) is 9.84 Å². The van der Waals surface area contributed by atoms with Crippen LogP contribution in [0.15, 0.2) is 23.8 Å². The zero-order valence-corrected chi connectivity index (χ0v) is 7.07. The maximum atomic E-state index is 8.51. The van der Waals surface area contributed by atoms with E-state index in [0.717, 1.165) is 0 Å². The van der Waals surface area contributed by atoms with Crippen LogP contribution >= 0.6 is 0 Å². The lowest BCUT2D eigenvalue weighted by Gasteiger charge is -2.09. The predicted octanol–water partition coefficient (Wildman–Crippen LogP) is 1.13. The summed E-state index contributed by atoms with van der Waals surface area (Å²) in [5.74, 6) is 1.30. The summed E-state index contributed by atoms with van der Waals surface area (Å²) in [6, 6.07) is 0. The average molecular weight is 166 g/mol. The molecule has 2 unspecified atom stereocenters. The Balaban J connectivity index is 1.79. The molecule has 0 fully saturated rings. The standard InChI is InChI=1S/C10H14O2/c11-3-4-12-7-10-6-8-1-2-9(10)5-8/h1-2,6,8-9,11H,3-5,7H2. The van der Waals surface area contributed by atoms with Crippen LogP contribution in [-0.2, 0) is 4.74 Å². The fourth-order valence-electron chi connectivity index (χ4n) is 1.93. The first-order chi connectivity index (χ1) is 5.90. The van der Waals surface area contributed by atoms with Crippen LogP contribution in [0.25, 0.3) is 0 Å². The number of hydrogen-bond acceptors (Lipinski definition) is 2. The van der Waals surface area contributed by atoms with Crippen molar-refractivity contribution < 1.29 is 9.84 Å². The molecule has 2 aliphatic carbocycles. The van der Waals surface area contributed by atoms with Crippen LogP contribution in [0.2, 0.25) is 0 Å². The Labute approximate surface area is 72.5 Å². The van der Waals surface area contributed by atoms with Crippen LogP contribution < -0.4 is 0 Å². The van der Waals surface area contributed by atoms with Gasteiger partial charge in [0.1, 0.15) is 0 Å². The van der Waals surface area contributed by atoms with Crippen molar-refractivity contribution in [2.45, 2.75) is 6.42 Å². The molecule has 0 aromatic rings. The van der Waals surface area contributed by atoms with Crippen molar-refractivity contribution in [2.24, 2.45) is 11.8 Å². The van der Waals surface area contributed by atoms with Crippen molar-refractivity contribution in [3.05, 3.63) is 23.8 Å². The maximum absolute atomic E-state index is 8.51. The number of ether oxygens (including phenoxy) is 1. The molecule has 2 nitrogen and oxygen atoms in total. The second-order valence-electron chi connectivity index (χ2n) is 3.41. The zero-order chi connectivity index (χ0) is 8.39. The van der Waals surface area contributed by atoms with Crippen molar-refractivity contribution in [1.82, 2.24) is 0 Å². The van der Waals surface area contributed by atoms with Gasteiger partial charge in [0.2, 0.25) is 0 Å². The van der Waals surface area contributed by atoms with Gasteiger partial charge in [-0.3, -0.25) is 0 Å². The van der Waals surface area contributed by atoms with Crippen LogP contribution in [0.4, 0.5) is 0 Å². The quantitative estimate of drug-likeness (QED) is 0.501. The van der Waals surface area contributed by atoms with Crippen molar-refractivity contribution >= 4 is 0 Å². The topological polar surface area (TPSA) is 29.5 Å². The third-order valence-corrected chi connectivity index (χ3v) is 2.53. The van der Waals surface area contributed by atoms with E-state index in [1.165, 1.54) is 12.0 Å². The molecule has 2 atom stereocenters. The Morgan fingerprint density at radius 1 is 1.50 bits per heavy atom. The zero-order valence-electron chi connectivity index (χ0n) is 7.07. The third kappa shape index (κ3) is 1.45. The molecule has 0 heterocycles. The highest BCUT2D eigenvalue weighted by Gasteiger charge is 2.27. The lowest BCUT2D eigenvalue weighted by Crippen LogP contribution is -2.06. The van der Waals surface area contributed by atoms with Crippen molar-refractivity contribution in [1.29, 1.82) is 0 Å². The fraction of sp³-hybridized carbons (Fsp3) is 0.600. The SMILES string of the molecule is OCCOCC1=CC2C=CC1C2. The molecule has 2 bridgehead atoms. The van der Waals surface area contributed by atoms with E-state index in [1.807, 2.05) is 0 Å². The number of allylic oxidation sites excluding steroid dienone is 3. The molecule has 1 N–H and O–H groups in total. The predicted molar refractivity (Wildman–Crippen MR) is 46.7 cm³/mol. The second kappa shape index (κ2) is 3.42. The molecule has 0 radical (unpaired) electrons. The van der Waals surface area contributed by atoms with Crippen molar-refractivity contribution in [2.75, 3.05) is 19.8 Å². The molecule has 66 valence electrons. The first-order valence-electron chi connectivity index (χ1n) is 4.47. The Morgan fingerprint density at radius 2 is 2.42 bits per heavy atom. The van der Waals surface area contributed by atoms with E-state index < -0.39 is 0 Å². The summed E-state index contributed by atoms with van der Waals surface area (Å²) in [5, 5.41) is 8.51. The fourth-order valence-corrected chi connectivity index (χ4v) is 1.93. The lowest BCUT2D eigenvalue weighted by molar-refractivity contribution is 0.105. The number of aliphatic hydroxyl groups is 1. The summed E-state index contributed by atoms with van der Waals surface area (Å²) >= 11 is 0. The van der Waals surface area contributed by atoms with Gasteiger partial charge in [-0.1, -0.05) is 18.2 Å². The molecule has 0 aliphatic heterocycles. The van der Waals surface area contributed by atoms with Gasteiger partial charge in [0.15, 0.2) is 0 Å². The number of aliphatic hydroxyl groups excluding tert-OH is 1. The minimum atomic E-state index is 0.122. The van der Waals surface area contributed by atoms with Gasteiger partial charge in [-0.15, -0.1) is 0 Å². The van der Waals surface area contributed by atoms with E-state index >= 15 is 0 Å². The maximum Gasteiger partial charge on any atom is 0.0702 e. The third-order valence-electron chi connectivity index (χ3n) is 2.53. The van der Waals surface area contributed by atoms with E-state index in [-0.39, 0.29) is 6.61 Å². The Morgan fingerprint density at radius 3 is 3.00 bits per heavy atom. The molecule has 2 aliphatic rings. The highest BCUT2D eigenvalue weighted by atomic mass is 16.5. The van der Waals surface area contributed by atoms with Crippen molar-refractivity contribution in [3.63, 3.8) is 0 Å². The smallest absolute Gasteiger partial charge is 0.0702 e. The molecule has 2 rings (SSSR count). The number of fused-ring (bicyclic) bond motifs is 2. The van der Waals surface area contributed by atoms with E-state index in [0.29, 0.717) is 25.0 Å².